The number of benzene rings is 3. The topological polar surface area (TPSA) is 212 Å². The lowest BCUT2D eigenvalue weighted by Crippen LogP contribution is -2.60. The van der Waals surface area contributed by atoms with Gasteiger partial charge in [-0.05, 0) is 74.6 Å². The molecular weight excluding hydrogens is 951 g/mol. The first-order valence-electron chi connectivity index (χ1n) is 24.7. The van der Waals surface area contributed by atoms with Crippen molar-refractivity contribution in [2.75, 3.05) is 64.5 Å². The molecule has 1 saturated carbocycles. The molecule has 4 atom stereocenters. The summed E-state index contributed by atoms with van der Waals surface area (Å²) in [5.74, 6) is -6.21. The van der Waals surface area contributed by atoms with Crippen molar-refractivity contribution >= 4 is 52.1 Å². The number of hydrogen-bond donors (Lipinski definition) is 5. The molecule has 72 heavy (non-hydrogen) atoms. The molecule has 0 spiro atoms. The van der Waals surface area contributed by atoms with Crippen LogP contribution >= 0.6 is 11.3 Å². The number of nitrogens with one attached hydrogen (secondary N) is 4. The zero-order valence-electron chi connectivity index (χ0n) is 40.7. The van der Waals surface area contributed by atoms with Crippen LogP contribution in [0.4, 0.5) is 18.7 Å². The van der Waals surface area contributed by atoms with Crippen LogP contribution in [0.25, 0.3) is 11.3 Å². The molecule has 0 bridgehead atoms. The highest BCUT2D eigenvalue weighted by Gasteiger charge is 2.43. The fourth-order valence-corrected chi connectivity index (χ4v) is 10.4. The molecule has 2 saturated heterocycles. The number of likely N-dealkylation sites (N-methyl/N-ethyl adjacent to an activating group) is 1. The van der Waals surface area contributed by atoms with Crippen molar-refractivity contribution in [1.82, 2.24) is 36.1 Å². The van der Waals surface area contributed by atoms with Crippen molar-refractivity contribution in [3.63, 3.8) is 0 Å². The van der Waals surface area contributed by atoms with Crippen molar-refractivity contribution in [1.29, 1.82) is 0 Å². The quantitative estimate of drug-likeness (QED) is 0.0641. The first-order chi connectivity index (χ1) is 34.8. The third-order valence-corrected chi connectivity index (χ3v) is 14.6. The maximum absolute atomic E-state index is 15.1. The van der Waals surface area contributed by atoms with Crippen LogP contribution in [0.1, 0.15) is 81.8 Å². The Kier molecular flexibility index (Phi) is 18.9. The summed E-state index contributed by atoms with van der Waals surface area (Å²) in [5.41, 5.74) is 2.13. The van der Waals surface area contributed by atoms with E-state index in [0.29, 0.717) is 75.7 Å². The van der Waals surface area contributed by atoms with Crippen LogP contribution in [0.5, 0.6) is 5.75 Å². The van der Waals surface area contributed by atoms with Gasteiger partial charge in [0.15, 0.2) is 23.3 Å². The molecule has 3 fully saturated rings. The Morgan fingerprint density at radius 2 is 1.49 bits per heavy atom. The Bertz CT molecular complexity index is 2450. The Balaban J connectivity index is 0.987. The molecule has 3 aliphatic rings. The highest BCUT2D eigenvalue weighted by Crippen LogP contribution is 2.37. The van der Waals surface area contributed by atoms with Crippen LogP contribution in [0.3, 0.4) is 0 Å². The smallest absolute Gasteiger partial charge is 0.407 e. The van der Waals surface area contributed by atoms with Crippen molar-refractivity contribution in [3.8, 4) is 17.0 Å². The molecule has 2 aliphatic heterocycles. The minimum atomic E-state index is -1.28. The van der Waals surface area contributed by atoms with Gasteiger partial charge < -0.3 is 45.6 Å². The minimum absolute atomic E-state index is 0.179. The second-order valence-corrected chi connectivity index (χ2v) is 19.3. The number of amides is 6. The normalized spacial score (nSPS) is 17.4. The molecule has 0 radical (unpaired) electrons. The van der Waals surface area contributed by atoms with E-state index in [1.165, 1.54) is 36.3 Å². The number of ether oxygens (including phenoxy) is 2. The Morgan fingerprint density at radius 1 is 0.833 bits per heavy atom. The number of rotatable bonds is 21. The molecule has 1 aromatic heterocycles. The van der Waals surface area contributed by atoms with Gasteiger partial charge in [-0.1, -0.05) is 79.9 Å². The summed E-state index contributed by atoms with van der Waals surface area (Å²) in [6.45, 7) is 3.90. The van der Waals surface area contributed by atoms with Gasteiger partial charge in [-0.3, -0.25) is 28.9 Å². The largest absolute Gasteiger partial charge is 0.480 e. The lowest BCUT2D eigenvalue weighted by atomic mass is 9.83. The fraction of sp³-hybridized carbons (Fsp3) is 0.481. The molecule has 3 aromatic carbocycles. The molecule has 20 heteroatoms. The number of likely N-dealkylation sites (tertiary alicyclic amines) is 1. The predicted molar refractivity (Wildman–Crippen MR) is 266 cm³/mol. The molecule has 1 aliphatic carbocycles. The SMILES string of the molecule is C[C@@H](C(=O)N[C@H](C(=O)N1CCC[C@H]1C(=O)N[C@H](C(=O)NCCCCNC(=O)COc1c(-c2csc(N3CCOCC3)n2)ccc(F)c1F)C(c1ccccc1)c1ccccc1)C1CCCCC1)N(C)C(=O)O. The summed E-state index contributed by atoms with van der Waals surface area (Å²) in [4.78, 5) is 90.7. The first kappa shape index (κ1) is 53.1. The number of unbranched alkanes of at least 4 members (excludes halogenated alkanes) is 1. The number of aromatic nitrogens is 1. The summed E-state index contributed by atoms with van der Waals surface area (Å²) in [7, 11) is 1.29. The van der Waals surface area contributed by atoms with E-state index in [1.54, 1.807) is 5.38 Å². The van der Waals surface area contributed by atoms with E-state index in [2.05, 4.69) is 26.3 Å². The Morgan fingerprint density at radius 3 is 2.14 bits per heavy atom. The number of carbonyl (C=O) groups is 6. The van der Waals surface area contributed by atoms with Gasteiger partial charge in [-0.2, -0.15) is 4.39 Å². The number of hydrogen-bond acceptors (Lipinski definition) is 11. The third-order valence-electron chi connectivity index (χ3n) is 13.7. The molecule has 4 aromatic rings. The van der Waals surface area contributed by atoms with Gasteiger partial charge in [0.1, 0.15) is 24.2 Å². The zero-order chi connectivity index (χ0) is 51.1. The summed E-state index contributed by atoms with van der Waals surface area (Å²) >= 11 is 1.36. The number of anilines is 1. The van der Waals surface area contributed by atoms with E-state index in [1.807, 2.05) is 65.6 Å². The second kappa shape index (κ2) is 25.6. The van der Waals surface area contributed by atoms with Crippen LogP contribution in [-0.2, 0) is 28.7 Å². The van der Waals surface area contributed by atoms with Crippen molar-refractivity contribution in [3.05, 3.63) is 101 Å². The van der Waals surface area contributed by atoms with Gasteiger partial charge >= 0.3 is 6.09 Å². The molecule has 6 amide bonds. The van der Waals surface area contributed by atoms with Gasteiger partial charge in [0.25, 0.3) is 5.91 Å². The van der Waals surface area contributed by atoms with Crippen molar-refractivity contribution < 1.29 is 52.1 Å². The zero-order valence-corrected chi connectivity index (χ0v) is 41.5. The van der Waals surface area contributed by atoms with E-state index in [4.69, 9.17) is 9.47 Å². The van der Waals surface area contributed by atoms with Crippen LogP contribution in [0.2, 0.25) is 0 Å². The summed E-state index contributed by atoms with van der Waals surface area (Å²) in [6.07, 6.45) is 4.51. The van der Waals surface area contributed by atoms with Gasteiger partial charge in [0.2, 0.25) is 29.4 Å². The van der Waals surface area contributed by atoms with E-state index in [-0.39, 0.29) is 31.1 Å². The van der Waals surface area contributed by atoms with Crippen molar-refractivity contribution in [2.24, 2.45) is 5.92 Å². The molecule has 3 heterocycles. The average molecular weight is 1020 g/mol. The lowest BCUT2D eigenvalue weighted by Gasteiger charge is -2.36. The van der Waals surface area contributed by atoms with Gasteiger partial charge in [0, 0.05) is 56.6 Å². The summed E-state index contributed by atoms with van der Waals surface area (Å²) in [5, 5.41) is 23.6. The monoisotopic (exact) mass is 1010 g/mol. The van der Waals surface area contributed by atoms with Gasteiger partial charge in [-0.15, -0.1) is 11.3 Å². The summed E-state index contributed by atoms with van der Waals surface area (Å²) < 4.78 is 40.5. The van der Waals surface area contributed by atoms with Crippen LogP contribution in [0.15, 0.2) is 78.2 Å². The molecular formula is C52H64F2N8O9S. The van der Waals surface area contributed by atoms with E-state index in [9.17, 15) is 38.3 Å². The van der Waals surface area contributed by atoms with Crippen LogP contribution in [0, 0.1) is 17.6 Å². The number of carbonyl (C=O) groups excluding carboxylic acids is 5. The number of halogens is 2. The third kappa shape index (κ3) is 13.4. The van der Waals surface area contributed by atoms with E-state index < -0.39 is 89.7 Å². The molecule has 5 N–H and O–H groups in total. The van der Waals surface area contributed by atoms with E-state index >= 15 is 4.39 Å². The highest BCUT2D eigenvalue weighted by atomic mass is 32.1. The molecule has 0 unspecified atom stereocenters. The summed E-state index contributed by atoms with van der Waals surface area (Å²) in [6, 6.07) is 16.9. The van der Waals surface area contributed by atoms with Crippen LogP contribution < -0.4 is 30.9 Å². The Labute approximate surface area is 422 Å². The fourth-order valence-electron chi connectivity index (χ4n) is 9.54. The van der Waals surface area contributed by atoms with E-state index in [0.717, 1.165) is 41.4 Å². The predicted octanol–water partition coefficient (Wildman–Crippen LogP) is 5.69. The minimum Gasteiger partial charge on any atom is -0.480 e. The lowest BCUT2D eigenvalue weighted by molar-refractivity contribution is -0.144. The second-order valence-electron chi connectivity index (χ2n) is 18.4. The van der Waals surface area contributed by atoms with Gasteiger partial charge in [0.05, 0.1) is 18.9 Å². The molecule has 386 valence electrons. The number of carboxylic acid groups (broad SMARTS) is 1. The number of nitrogens with zero attached hydrogens (tertiary/aromatic N) is 4. The Hall–Kier alpha value is -6.67. The van der Waals surface area contributed by atoms with Crippen LogP contribution in [-0.4, -0.2) is 139 Å². The number of thiazole rings is 1. The maximum atomic E-state index is 15.1. The van der Waals surface area contributed by atoms with Crippen molar-refractivity contribution in [2.45, 2.75) is 94.8 Å². The molecule has 7 rings (SSSR count). The number of morpholine rings is 1. The molecule has 17 nitrogen and oxygen atoms in total. The maximum Gasteiger partial charge on any atom is 0.407 e. The highest BCUT2D eigenvalue weighted by molar-refractivity contribution is 7.14. The standard InChI is InChI=1S/C52H64F2N8O9S/c1-33(60(2)52(68)69)47(64)58-44(36-19-10-5-11-20-36)50(67)62-26-14-21-40(62)48(65)59-45(42(34-15-6-3-7-16-34)35-17-8-4-9-18-35)49(66)56-25-13-12-24-55-41(63)31-71-46-37(22-23-38(53)43(46)54)39-32-72-51(57-39)61-27-29-70-30-28-61/h3-4,6-9,15-18,22-23,32-33,36,40,42,44-45H,5,10-14,19-21,24-31H2,1-2H3,(H,55,63)(H,56,66)(H,58,64)(H,59,65)(H,68,69)/t33-,40-,44-,45-/m0/s1. The average Bonchev–Trinajstić information content (AvgIpc) is 4.11. The first-order valence-corrected chi connectivity index (χ1v) is 25.6. The van der Waals surface area contributed by atoms with Gasteiger partial charge in [-0.25, -0.2) is 14.2 Å².